The number of esters is 1. The number of carbonyl (C=O) groups excluding carboxylic acids is 2. The summed E-state index contributed by atoms with van der Waals surface area (Å²) < 4.78 is 6.97. The fourth-order valence-electron chi connectivity index (χ4n) is 3.08. The molecule has 1 aromatic heterocycles. The summed E-state index contributed by atoms with van der Waals surface area (Å²) in [6, 6.07) is 9.80. The van der Waals surface area contributed by atoms with Crippen molar-refractivity contribution in [3.8, 4) is 0 Å². The number of aryl methyl sites for hydroxylation is 2. The van der Waals surface area contributed by atoms with Crippen LogP contribution in [-0.4, -0.2) is 38.7 Å². The number of hydrogen-bond donors (Lipinski definition) is 1. The van der Waals surface area contributed by atoms with Gasteiger partial charge >= 0.3 is 5.97 Å². The van der Waals surface area contributed by atoms with Crippen LogP contribution in [0.3, 0.4) is 0 Å². The van der Waals surface area contributed by atoms with Crippen molar-refractivity contribution >= 4 is 46.0 Å². The zero-order chi connectivity index (χ0) is 22.5. The minimum atomic E-state index is -0.520. The van der Waals surface area contributed by atoms with Crippen molar-refractivity contribution in [3.05, 3.63) is 57.6 Å². The predicted molar refractivity (Wildman–Crippen MR) is 119 cm³/mol. The molecular weight excluding hydrogens is 420 g/mol. The predicted octanol–water partition coefficient (Wildman–Crippen LogP) is 4.18. The van der Waals surface area contributed by atoms with Crippen LogP contribution in [0.1, 0.15) is 29.8 Å². The lowest BCUT2D eigenvalue weighted by Gasteiger charge is -2.08. The minimum absolute atomic E-state index is 0.0269. The van der Waals surface area contributed by atoms with Gasteiger partial charge in [-0.3, -0.25) is 14.9 Å². The van der Waals surface area contributed by atoms with Gasteiger partial charge in [0.1, 0.15) is 5.69 Å². The van der Waals surface area contributed by atoms with Gasteiger partial charge in [-0.1, -0.05) is 17.8 Å². The summed E-state index contributed by atoms with van der Waals surface area (Å²) in [7, 11) is 0. The van der Waals surface area contributed by atoms with Gasteiger partial charge in [-0.25, -0.2) is 9.78 Å². The lowest BCUT2D eigenvalue weighted by molar-refractivity contribution is -0.384. The maximum Gasteiger partial charge on any atom is 0.338 e. The molecule has 162 valence electrons. The molecule has 0 aliphatic heterocycles. The van der Waals surface area contributed by atoms with Gasteiger partial charge in [-0.2, -0.15) is 0 Å². The summed E-state index contributed by atoms with van der Waals surface area (Å²) in [5.74, 6) is -0.762. The molecule has 1 heterocycles. The van der Waals surface area contributed by atoms with E-state index in [1.807, 2.05) is 11.5 Å². The molecule has 0 radical (unpaired) electrons. The Balaban J connectivity index is 1.76. The number of nitro groups is 1. The molecule has 0 saturated heterocycles. The number of hydrogen-bond acceptors (Lipinski definition) is 7. The third-order valence-corrected chi connectivity index (χ3v) is 5.47. The number of imidazole rings is 1. The molecule has 0 aliphatic carbocycles. The van der Waals surface area contributed by atoms with Gasteiger partial charge in [0.15, 0.2) is 5.16 Å². The van der Waals surface area contributed by atoms with E-state index in [-0.39, 0.29) is 29.6 Å². The summed E-state index contributed by atoms with van der Waals surface area (Å²) in [6.07, 6.45) is 0. The summed E-state index contributed by atoms with van der Waals surface area (Å²) in [6.45, 7) is 6.36. The smallest absolute Gasteiger partial charge is 0.338 e. The van der Waals surface area contributed by atoms with Crippen molar-refractivity contribution in [1.82, 2.24) is 9.55 Å². The molecule has 0 atom stereocenters. The highest BCUT2D eigenvalue weighted by Gasteiger charge is 2.18. The first-order valence-electron chi connectivity index (χ1n) is 9.69. The van der Waals surface area contributed by atoms with Crippen molar-refractivity contribution < 1.29 is 19.2 Å². The van der Waals surface area contributed by atoms with Gasteiger partial charge in [0, 0.05) is 12.6 Å². The van der Waals surface area contributed by atoms with Crippen LogP contribution in [-0.2, 0) is 16.1 Å². The molecule has 3 rings (SSSR count). The average Bonchev–Trinajstić information content (AvgIpc) is 3.10. The Morgan fingerprint density at radius 1 is 1.23 bits per heavy atom. The van der Waals surface area contributed by atoms with Crippen LogP contribution in [0.25, 0.3) is 11.0 Å². The molecule has 31 heavy (non-hydrogen) atoms. The SMILES string of the molecule is CCOC(=O)c1ccc2c(c1)nc(SCC(=O)Nc1ccc(C)cc1[N+](=O)[O-])n2CC. The number of rotatable bonds is 8. The van der Waals surface area contributed by atoms with Gasteiger partial charge in [0.25, 0.3) is 5.69 Å². The molecule has 0 saturated carbocycles. The largest absolute Gasteiger partial charge is 0.462 e. The van der Waals surface area contributed by atoms with Crippen LogP contribution >= 0.6 is 11.8 Å². The second-order valence-electron chi connectivity index (χ2n) is 6.68. The van der Waals surface area contributed by atoms with Crippen molar-refractivity contribution in [2.45, 2.75) is 32.5 Å². The van der Waals surface area contributed by atoms with E-state index in [9.17, 15) is 19.7 Å². The number of anilines is 1. The maximum atomic E-state index is 12.4. The third-order valence-electron chi connectivity index (χ3n) is 4.50. The van der Waals surface area contributed by atoms with E-state index in [1.54, 1.807) is 38.1 Å². The van der Waals surface area contributed by atoms with Gasteiger partial charge < -0.3 is 14.6 Å². The van der Waals surface area contributed by atoms with Crippen LogP contribution in [0.15, 0.2) is 41.6 Å². The number of amides is 1. The summed E-state index contributed by atoms with van der Waals surface area (Å²) in [4.78, 5) is 39.7. The molecule has 1 N–H and O–H groups in total. The number of nitro benzene ring substituents is 1. The van der Waals surface area contributed by atoms with E-state index < -0.39 is 10.9 Å². The summed E-state index contributed by atoms with van der Waals surface area (Å²) in [5, 5.41) is 14.5. The molecular formula is C21H22N4O5S. The number of aromatic nitrogens is 2. The number of ether oxygens (including phenoxy) is 1. The molecule has 10 heteroatoms. The van der Waals surface area contributed by atoms with Gasteiger partial charge in [-0.05, 0) is 50.6 Å². The molecule has 3 aromatic rings. The fraction of sp³-hybridized carbons (Fsp3) is 0.286. The fourth-order valence-corrected chi connectivity index (χ4v) is 3.96. The Bertz CT molecular complexity index is 1160. The highest BCUT2D eigenvalue weighted by molar-refractivity contribution is 7.99. The molecule has 1 amide bonds. The van der Waals surface area contributed by atoms with Crippen molar-refractivity contribution in [1.29, 1.82) is 0 Å². The van der Waals surface area contributed by atoms with Gasteiger partial charge in [0.2, 0.25) is 5.91 Å². The highest BCUT2D eigenvalue weighted by atomic mass is 32.2. The number of carbonyl (C=O) groups is 2. The molecule has 0 fully saturated rings. The van der Waals surface area contributed by atoms with E-state index in [4.69, 9.17) is 4.74 Å². The minimum Gasteiger partial charge on any atom is -0.462 e. The first-order valence-corrected chi connectivity index (χ1v) is 10.7. The van der Waals surface area contributed by atoms with Crippen LogP contribution in [0.4, 0.5) is 11.4 Å². The first kappa shape index (κ1) is 22.3. The number of fused-ring (bicyclic) bond motifs is 1. The van der Waals surface area contributed by atoms with E-state index in [0.29, 0.717) is 22.8 Å². The lowest BCUT2D eigenvalue weighted by atomic mass is 10.2. The molecule has 9 nitrogen and oxygen atoms in total. The van der Waals surface area contributed by atoms with E-state index in [1.165, 1.54) is 23.9 Å². The second kappa shape index (κ2) is 9.61. The highest BCUT2D eigenvalue weighted by Crippen LogP contribution is 2.27. The summed E-state index contributed by atoms with van der Waals surface area (Å²) >= 11 is 1.22. The Morgan fingerprint density at radius 3 is 2.68 bits per heavy atom. The molecule has 0 bridgehead atoms. The Hall–Kier alpha value is -3.40. The van der Waals surface area contributed by atoms with E-state index in [0.717, 1.165) is 11.1 Å². The number of nitrogens with zero attached hydrogens (tertiary/aromatic N) is 3. The van der Waals surface area contributed by atoms with Crippen LogP contribution < -0.4 is 5.32 Å². The van der Waals surface area contributed by atoms with Crippen molar-refractivity contribution in [3.63, 3.8) is 0 Å². The summed E-state index contributed by atoms with van der Waals surface area (Å²) in [5.41, 5.74) is 2.63. The zero-order valence-corrected chi connectivity index (χ0v) is 18.2. The lowest BCUT2D eigenvalue weighted by Crippen LogP contribution is -2.15. The number of thioether (sulfide) groups is 1. The van der Waals surface area contributed by atoms with Crippen molar-refractivity contribution in [2.75, 3.05) is 17.7 Å². The van der Waals surface area contributed by atoms with E-state index in [2.05, 4.69) is 10.3 Å². The van der Waals surface area contributed by atoms with Crippen molar-refractivity contribution in [2.24, 2.45) is 0 Å². The molecule has 0 unspecified atom stereocenters. The van der Waals surface area contributed by atoms with Crippen LogP contribution in [0.5, 0.6) is 0 Å². The molecule has 0 spiro atoms. The standard InChI is InChI=1S/C21H22N4O5S/c1-4-24-17-9-7-14(20(27)30-5-2)11-16(17)23-21(24)31-12-19(26)22-15-8-6-13(3)10-18(15)25(28)29/h6-11H,4-5,12H2,1-3H3,(H,22,26). The Labute approximate surface area is 182 Å². The molecule has 0 aliphatic rings. The molecule has 2 aromatic carbocycles. The maximum absolute atomic E-state index is 12.4. The topological polar surface area (TPSA) is 116 Å². The first-order chi connectivity index (χ1) is 14.8. The van der Waals surface area contributed by atoms with Gasteiger partial charge in [0.05, 0.1) is 33.9 Å². The zero-order valence-electron chi connectivity index (χ0n) is 17.4. The Morgan fingerprint density at radius 2 is 2.00 bits per heavy atom. The number of benzene rings is 2. The van der Waals surface area contributed by atoms with Crippen LogP contribution in [0, 0.1) is 17.0 Å². The monoisotopic (exact) mass is 442 g/mol. The van der Waals surface area contributed by atoms with Gasteiger partial charge in [-0.15, -0.1) is 0 Å². The average molecular weight is 442 g/mol. The third kappa shape index (κ3) is 5.02. The number of nitrogens with one attached hydrogen (secondary N) is 1. The second-order valence-corrected chi connectivity index (χ2v) is 7.62. The van der Waals surface area contributed by atoms with Crippen LogP contribution in [0.2, 0.25) is 0 Å². The van der Waals surface area contributed by atoms with E-state index >= 15 is 0 Å². The Kier molecular flexibility index (Phi) is 6.91. The normalized spacial score (nSPS) is 10.8. The quantitative estimate of drug-likeness (QED) is 0.241.